The molecule has 26 heavy (non-hydrogen) atoms. The smallest absolute Gasteiger partial charge is 0.274 e. The van der Waals surface area contributed by atoms with Crippen molar-refractivity contribution in [1.82, 2.24) is 25.3 Å². The van der Waals surface area contributed by atoms with Crippen LogP contribution in [0.1, 0.15) is 34.9 Å². The van der Waals surface area contributed by atoms with Crippen molar-refractivity contribution in [2.45, 2.75) is 24.8 Å². The van der Waals surface area contributed by atoms with Gasteiger partial charge < -0.3 is 14.7 Å². The summed E-state index contributed by atoms with van der Waals surface area (Å²) < 4.78 is 0. The summed E-state index contributed by atoms with van der Waals surface area (Å²) in [4.78, 5) is 18.3. The van der Waals surface area contributed by atoms with E-state index in [0.717, 1.165) is 30.4 Å². The van der Waals surface area contributed by atoms with Crippen LogP contribution in [-0.4, -0.2) is 71.5 Å². The molecule has 8 heteroatoms. The van der Waals surface area contributed by atoms with E-state index < -0.39 is 0 Å². The minimum absolute atomic E-state index is 0.109. The molecule has 2 fully saturated rings. The van der Waals surface area contributed by atoms with Gasteiger partial charge in [-0.25, -0.2) is 0 Å². The molecule has 3 heterocycles. The Morgan fingerprint density at radius 1 is 1.00 bits per heavy atom. The first-order valence-corrected chi connectivity index (χ1v) is 8.89. The maximum atomic E-state index is 12.6. The Hall–Kier alpha value is -2.77. The molecule has 0 unspecified atom stereocenters. The van der Waals surface area contributed by atoms with E-state index >= 15 is 0 Å². The normalized spacial score (nSPS) is 17.0. The highest BCUT2D eigenvalue weighted by atomic mass is 16.2. The van der Waals surface area contributed by atoms with E-state index in [2.05, 4.69) is 31.4 Å². The third kappa shape index (κ3) is 3.18. The van der Waals surface area contributed by atoms with Crippen LogP contribution < -0.4 is 9.80 Å². The van der Waals surface area contributed by atoms with E-state index in [9.17, 15) is 4.79 Å². The zero-order valence-electron chi connectivity index (χ0n) is 15.3. The Kier molecular flexibility index (Phi) is 4.18. The lowest BCUT2D eigenvalue weighted by Crippen LogP contribution is -2.60. The largest absolute Gasteiger partial charge is 0.361 e. The number of carbonyl (C=O) groups is 1. The van der Waals surface area contributed by atoms with E-state index in [1.165, 1.54) is 12.8 Å². The monoisotopic (exact) mass is 353 g/mol. The predicted molar refractivity (Wildman–Crippen MR) is 98.5 cm³/mol. The molecule has 4 rings (SSSR count). The number of aromatic nitrogens is 4. The van der Waals surface area contributed by atoms with Gasteiger partial charge in [-0.05, 0) is 37.1 Å². The standard InChI is InChI=1S/C18H23N7O/c1-23(2)16-8-7-15(20-21-16)18(26)24(3)13-10-25(11-13)17-9-6-14(19-22-17)12-4-5-12/h6-9,12-13H,4-5,10-11H2,1-3H3. The van der Waals surface area contributed by atoms with E-state index in [1.807, 2.05) is 32.1 Å². The number of likely N-dealkylation sites (N-methyl/N-ethyl adjacent to an activating group) is 1. The van der Waals surface area contributed by atoms with Crippen molar-refractivity contribution in [2.75, 3.05) is 44.0 Å². The number of rotatable bonds is 5. The van der Waals surface area contributed by atoms with Crippen molar-refractivity contribution in [1.29, 1.82) is 0 Å². The van der Waals surface area contributed by atoms with E-state index in [0.29, 0.717) is 11.6 Å². The van der Waals surface area contributed by atoms with Crippen molar-refractivity contribution < 1.29 is 4.79 Å². The Balaban J connectivity index is 1.34. The van der Waals surface area contributed by atoms with Gasteiger partial charge in [0.25, 0.3) is 5.91 Å². The Morgan fingerprint density at radius 3 is 2.31 bits per heavy atom. The maximum absolute atomic E-state index is 12.6. The van der Waals surface area contributed by atoms with Crippen molar-refractivity contribution in [2.24, 2.45) is 0 Å². The maximum Gasteiger partial charge on any atom is 0.274 e. The Bertz CT molecular complexity index is 780. The van der Waals surface area contributed by atoms with Crippen LogP contribution in [0.15, 0.2) is 24.3 Å². The lowest BCUT2D eigenvalue weighted by atomic mass is 10.1. The first-order valence-electron chi connectivity index (χ1n) is 8.89. The fourth-order valence-electron chi connectivity index (χ4n) is 3.01. The molecular weight excluding hydrogens is 330 g/mol. The van der Waals surface area contributed by atoms with Crippen LogP contribution in [0.5, 0.6) is 0 Å². The van der Waals surface area contributed by atoms with Crippen LogP contribution in [0.3, 0.4) is 0 Å². The lowest BCUT2D eigenvalue weighted by Gasteiger charge is -2.44. The molecule has 1 amide bonds. The van der Waals surface area contributed by atoms with Gasteiger partial charge in [-0.3, -0.25) is 4.79 Å². The van der Waals surface area contributed by atoms with Gasteiger partial charge in [0.2, 0.25) is 0 Å². The highest BCUT2D eigenvalue weighted by Crippen LogP contribution is 2.38. The fourth-order valence-corrected chi connectivity index (χ4v) is 3.01. The fraction of sp³-hybridized carbons (Fsp3) is 0.500. The second kappa shape index (κ2) is 6.51. The van der Waals surface area contributed by atoms with Gasteiger partial charge in [0, 0.05) is 40.2 Å². The van der Waals surface area contributed by atoms with Crippen LogP contribution in [0.4, 0.5) is 11.6 Å². The molecule has 1 aliphatic carbocycles. The molecule has 8 nitrogen and oxygen atoms in total. The quantitative estimate of drug-likeness (QED) is 0.798. The van der Waals surface area contributed by atoms with Gasteiger partial charge in [-0.2, -0.15) is 5.10 Å². The number of amides is 1. The summed E-state index contributed by atoms with van der Waals surface area (Å²) in [5, 5.41) is 16.8. The van der Waals surface area contributed by atoms with Crippen LogP contribution in [-0.2, 0) is 0 Å². The molecule has 136 valence electrons. The zero-order chi connectivity index (χ0) is 18.3. The molecule has 1 saturated heterocycles. The van der Waals surface area contributed by atoms with Gasteiger partial charge >= 0.3 is 0 Å². The van der Waals surface area contributed by atoms with Gasteiger partial charge in [-0.1, -0.05) is 0 Å². The minimum atomic E-state index is -0.109. The van der Waals surface area contributed by atoms with Crippen LogP contribution in [0.2, 0.25) is 0 Å². The minimum Gasteiger partial charge on any atom is -0.361 e. The molecule has 2 aromatic rings. The molecule has 0 spiro atoms. The molecule has 1 saturated carbocycles. The average Bonchev–Trinajstić information content (AvgIpc) is 3.45. The third-order valence-electron chi connectivity index (χ3n) is 5.05. The number of anilines is 2. The van der Waals surface area contributed by atoms with Crippen LogP contribution in [0, 0.1) is 0 Å². The summed E-state index contributed by atoms with van der Waals surface area (Å²) >= 11 is 0. The van der Waals surface area contributed by atoms with Gasteiger partial charge in [0.1, 0.15) is 0 Å². The van der Waals surface area contributed by atoms with Crippen molar-refractivity contribution in [3.05, 3.63) is 35.7 Å². The number of nitrogens with zero attached hydrogens (tertiary/aromatic N) is 7. The predicted octanol–water partition coefficient (Wildman–Crippen LogP) is 1.17. The second-order valence-electron chi connectivity index (χ2n) is 7.24. The highest BCUT2D eigenvalue weighted by molar-refractivity contribution is 5.92. The first-order chi connectivity index (χ1) is 12.5. The topological polar surface area (TPSA) is 78.4 Å². The van der Waals surface area contributed by atoms with Crippen molar-refractivity contribution >= 4 is 17.5 Å². The Morgan fingerprint density at radius 2 is 1.77 bits per heavy atom. The molecule has 0 atom stereocenters. The third-order valence-corrected chi connectivity index (χ3v) is 5.05. The molecule has 0 N–H and O–H groups in total. The summed E-state index contributed by atoms with van der Waals surface area (Å²) in [7, 11) is 5.59. The molecule has 0 bridgehead atoms. The summed E-state index contributed by atoms with van der Waals surface area (Å²) in [6, 6.07) is 7.77. The summed E-state index contributed by atoms with van der Waals surface area (Å²) in [5.74, 6) is 2.11. The molecular formula is C18H23N7O. The average molecular weight is 353 g/mol. The van der Waals surface area contributed by atoms with Gasteiger partial charge in [0.15, 0.2) is 17.3 Å². The van der Waals surface area contributed by atoms with E-state index in [1.54, 1.807) is 17.0 Å². The highest BCUT2D eigenvalue weighted by Gasteiger charge is 2.34. The van der Waals surface area contributed by atoms with Crippen LogP contribution in [0.25, 0.3) is 0 Å². The van der Waals surface area contributed by atoms with Gasteiger partial charge in [0.05, 0.1) is 11.7 Å². The number of hydrogen-bond acceptors (Lipinski definition) is 7. The number of carbonyl (C=O) groups excluding carboxylic acids is 1. The lowest BCUT2D eigenvalue weighted by molar-refractivity contribution is 0.0698. The van der Waals surface area contributed by atoms with E-state index in [-0.39, 0.29) is 11.9 Å². The zero-order valence-corrected chi connectivity index (χ0v) is 15.3. The summed E-state index contributed by atoms with van der Waals surface area (Å²) in [6.45, 7) is 1.51. The first kappa shape index (κ1) is 16.7. The van der Waals surface area contributed by atoms with Crippen molar-refractivity contribution in [3.8, 4) is 0 Å². The molecule has 1 aliphatic heterocycles. The molecule has 0 radical (unpaired) electrons. The SMILES string of the molecule is CN(C)c1ccc(C(=O)N(C)C2CN(c3ccc(C4CC4)nn3)C2)nn1. The molecule has 2 aliphatic rings. The van der Waals surface area contributed by atoms with Crippen molar-refractivity contribution in [3.63, 3.8) is 0 Å². The Labute approximate surface area is 152 Å². The summed E-state index contributed by atoms with van der Waals surface area (Å²) in [5.41, 5.74) is 1.46. The number of hydrogen-bond donors (Lipinski definition) is 0. The molecule has 0 aromatic carbocycles. The van der Waals surface area contributed by atoms with E-state index in [4.69, 9.17) is 0 Å². The second-order valence-corrected chi connectivity index (χ2v) is 7.24. The molecule has 2 aromatic heterocycles. The van der Waals surface area contributed by atoms with Crippen LogP contribution >= 0.6 is 0 Å². The van der Waals surface area contributed by atoms with Gasteiger partial charge in [-0.15, -0.1) is 15.3 Å². The summed E-state index contributed by atoms with van der Waals surface area (Å²) in [6.07, 6.45) is 2.45.